The lowest BCUT2D eigenvalue weighted by Crippen LogP contribution is -2.38. The van der Waals surface area contributed by atoms with Gasteiger partial charge in [-0.3, -0.25) is 4.79 Å². The van der Waals surface area contributed by atoms with E-state index < -0.39 is 35.6 Å². The SMILES string of the molecule is C=C1C(=O)O[C@@H]2/C=C(/C)C[C@H](O)/C=C(/C)CC(C(=O)[C@]3(C)O[C@H]3C)[C@@H]12. The van der Waals surface area contributed by atoms with Crippen LogP contribution in [-0.4, -0.2) is 40.8 Å². The molecule has 2 heterocycles. The molecule has 0 aromatic heterocycles. The van der Waals surface area contributed by atoms with Crippen LogP contribution in [0.1, 0.15) is 40.5 Å². The maximum absolute atomic E-state index is 13.2. The second-order valence-corrected chi connectivity index (χ2v) is 7.76. The Bertz CT molecular complexity index is 688. The van der Waals surface area contributed by atoms with Gasteiger partial charge in [-0.15, -0.1) is 0 Å². The number of Topliss-reactive ketones (excluding diaryl/α,β-unsaturated/α-hetero) is 1. The number of epoxide rings is 1. The summed E-state index contributed by atoms with van der Waals surface area (Å²) >= 11 is 0. The molecule has 5 heteroatoms. The van der Waals surface area contributed by atoms with Crippen molar-refractivity contribution < 1.29 is 24.2 Å². The summed E-state index contributed by atoms with van der Waals surface area (Å²) in [5, 5.41) is 10.2. The third-order valence-corrected chi connectivity index (χ3v) is 5.66. The zero-order valence-electron chi connectivity index (χ0n) is 15.2. The van der Waals surface area contributed by atoms with Gasteiger partial charge in [0.05, 0.1) is 12.2 Å². The Labute approximate surface area is 148 Å². The Kier molecular flexibility index (Phi) is 4.50. The molecule has 0 radical (unpaired) electrons. The average molecular weight is 346 g/mol. The average Bonchev–Trinajstić information content (AvgIpc) is 3.02. The van der Waals surface area contributed by atoms with E-state index in [-0.39, 0.29) is 11.9 Å². The Morgan fingerprint density at radius 3 is 2.48 bits per heavy atom. The summed E-state index contributed by atoms with van der Waals surface area (Å²) in [6.45, 7) is 11.4. The Morgan fingerprint density at radius 1 is 1.28 bits per heavy atom. The van der Waals surface area contributed by atoms with Gasteiger partial charge in [0.25, 0.3) is 0 Å². The molecule has 0 bridgehead atoms. The fraction of sp³-hybridized carbons (Fsp3) is 0.600. The van der Waals surface area contributed by atoms with Gasteiger partial charge in [0.2, 0.25) is 0 Å². The number of aliphatic hydroxyl groups is 1. The van der Waals surface area contributed by atoms with Crippen LogP contribution in [0.25, 0.3) is 0 Å². The van der Waals surface area contributed by atoms with E-state index in [9.17, 15) is 14.7 Å². The van der Waals surface area contributed by atoms with E-state index in [1.165, 1.54) is 0 Å². The van der Waals surface area contributed by atoms with Crippen molar-refractivity contribution in [2.75, 3.05) is 0 Å². The number of esters is 1. The van der Waals surface area contributed by atoms with Crippen LogP contribution in [0.5, 0.6) is 0 Å². The lowest BCUT2D eigenvalue weighted by Gasteiger charge is -2.28. The van der Waals surface area contributed by atoms with E-state index in [0.717, 1.165) is 11.1 Å². The Balaban J connectivity index is 2.03. The first-order chi connectivity index (χ1) is 11.6. The monoisotopic (exact) mass is 346 g/mol. The quantitative estimate of drug-likeness (QED) is 0.360. The second-order valence-electron chi connectivity index (χ2n) is 7.76. The van der Waals surface area contributed by atoms with Crippen molar-refractivity contribution in [3.63, 3.8) is 0 Å². The minimum absolute atomic E-state index is 0.0247. The number of carbonyl (C=O) groups excluding carboxylic acids is 2. The van der Waals surface area contributed by atoms with Crippen LogP contribution < -0.4 is 0 Å². The third kappa shape index (κ3) is 3.23. The number of hydrogen-bond acceptors (Lipinski definition) is 5. The summed E-state index contributed by atoms with van der Waals surface area (Å²) in [5.74, 6) is -1.34. The molecule has 0 aromatic rings. The van der Waals surface area contributed by atoms with Crippen LogP contribution in [0.4, 0.5) is 0 Å². The van der Waals surface area contributed by atoms with E-state index in [0.29, 0.717) is 18.4 Å². The van der Waals surface area contributed by atoms with Crippen molar-refractivity contribution >= 4 is 11.8 Å². The summed E-state index contributed by atoms with van der Waals surface area (Å²) in [6, 6.07) is 0. The molecule has 3 aliphatic rings. The number of carbonyl (C=O) groups is 2. The highest BCUT2D eigenvalue weighted by Crippen LogP contribution is 2.45. The zero-order chi connectivity index (χ0) is 18.5. The van der Waals surface area contributed by atoms with Crippen molar-refractivity contribution in [1.29, 1.82) is 0 Å². The van der Waals surface area contributed by atoms with Crippen LogP contribution in [0, 0.1) is 11.8 Å². The first-order valence-corrected chi connectivity index (χ1v) is 8.78. The first kappa shape index (κ1) is 18.1. The number of ether oxygens (including phenoxy) is 2. The molecular weight excluding hydrogens is 320 g/mol. The summed E-state index contributed by atoms with van der Waals surface area (Å²) in [6.07, 6.45) is 3.29. The van der Waals surface area contributed by atoms with E-state index >= 15 is 0 Å². The van der Waals surface area contributed by atoms with Crippen molar-refractivity contribution in [3.05, 3.63) is 35.5 Å². The molecule has 1 unspecified atom stereocenters. The molecule has 2 fully saturated rings. The Hall–Kier alpha value is -1.72. The maximum Gasteiger partial charge on any atom is 0.334 e. The van der Waals surface area contributed by atoms with Crippen molar-refractivity contribution in [3.8, 4) is 0 Å². The zero-order valence-corrected chi connectivity index (χ0v) is 15.2. The molecule has 0 spiro atoms. The van der Waals surface area contributed by atoms with Gasteiger partial charge in [0.15, 0.2) is 5.78 Å². The van der Waals surface area contributed by atoms with E-state index in [4.69, 9.17) is 9.47 Å². The molecule has 25 heavy (non-hydrogen) atoms. The third-order valence-electron chi connectivity index (χ3n) is 5.66. The first-order valence-electron chi connectivity index (χ1n) is 8.78. The van der Waals surface area contributed by atoms with Crippen LogP contribution in [0.2, 0.25) is 0 Å². The van der Waals surface area contributed by atoms with Gasteiger partial charge in [-0.1, -0.05) is 23.8 Å². The number of rotatable bonds is 2. The number of fused-ring (bicyclic) bond motifs is 1. The lowest BCUT2D eigenvalue weighted by atomic mass is 9.73. The van der Waals surface area contributed by atoms with Crippen LogP contribution in [-0.2, 0) is 19.1 Å². The van der Waals surface area contributed by atoms with Gasteiger partial charge >= 0.3 is 5.97 Å². The molecule has 3 rings (SSSR count). The fourth-order valence-electron chi connectivity index (χ4n) is 4.04. The number of allylic oxidation sites excluding steroid dienone is 1. The molecular formula is C20H26O5. The second kappa shape index (κ2) is 6.22. The van der Waals surface area contributed by atoms with Gasteiger partial charge in [0, 0.05) is 17.4 Å². The summed E-state index contributed by atoms with van der Waals surface area (Å²) < 4.78 is 11.0. The van der Waals surface area contributed by atoms with E-state index in [1.54, 1.807) is 13.0 Å². The van der Waals surface area contributed by atoms with Gasteiger partial charge < -0.3 is 14.6 Å². The predicted molar refractivity (Wildman–Crippen MR) is 92.7 cm³/mol. The van der Waals surface area contributed by atoms with Gasteiger partial charge in [0.1, 0.15) is 11.7 Å². The molecule has 1 N–H and O–H groups in total. The molecule has 136 valence electrons. The summed E-state index contributed by atoms with van der Waals surface area (Å²) in [7, 11) is 0. The minimum Gasteiger partial charge on any atom is -0.454 e. The van der Waals surface area contributed by atoms with Gasteiger partial charge in [-0.05, 0) is 46.6 Å². The largest absolute Gasteiger partial charge is 0.454 e. The Morgan fingerprint density at radius 2 is 1.88 bits per heavy atom. The molecule has 1 aliphatic carbocycles. The molecule has 6 atom stereocenters. The van der Waals surface area contributed by atoms with Crippen LogP contribution in [0.15, 0.2) is 35.5 Å². The molecule has 0 amide bonds. The number of hydrogen-bond donors (Lipinski definition) is 1. The highest BCUT2D eigenvalue weighted by Gasteiger charge is 2.59. The van der Waals surface area contributed by atoms with Crippen LogP contribution >= 0.6 is 0 Å². The smallest absolute Gasteiger partial charge is 0.334 e. The lowest BCUT2D eigenvalue weighted by molar-refractivity contribution is -0.138. The summed E-state index contributed by atoms with van der Waals surface area (Å²) in [5.41, 5.74) is 1.37. The molecule has 2 aliphatic heterocycles. The minimum atomic E-state index is -0.817. The molecule has 0 aromatic carbocycles. The van der Waals surface area contributed by atoms with Crippen LogP contribution in [0.3, 0.4) is 0 Å². The molecule has 0 saturated carbocycles. The molecule has 2 saturated heterocycles. The van der Waals surface area contributed by atoms with Crippen molar-refractivity contribution in [2.45, 2.75) is 64.4 Å². The normalized spacial score (nSPS) is 45.6. The van der Waals surface area contributed by atoms with E-state index in [2.05, 4.69) is 6.58 Å². The predicted octanol–water partition coefficient (Wildman–Crippen LogP) is 2.49. The maximum atomic E-state index is 13.2. The van der Waals surface area contributed by atoms with Gasteiger partial charge in [-0.2, -0.15) is 0 Å². The molecule has 5 nitrogen and oxygen atoms in total. The fourth-order valence-corrected chi connectivity index (χ4v) is 4.04. The highest BCUT2D eigenvalue weighted by molar-refractivity contribution is 5.97. The number of aliphatic hydroxyl groups excluding tert-OH is 1. The topological polar surface area (TPSA) is 76.1 Å². The number of ketones is 1. The van der Waals surface area contributed by atoms with Gasteiger partial charge in [-0.25, -0.2) is 4.79 Å². The van der Waals surface area contributed by atoms with Crippen molar-refractivity contribution in [2.24, 2.45) is 11.8 Å². The summed E-state index contributed by atoms with van der Waals surface area (Å²) in [4.78, 5) is 25.3. The van der Waals surface area contributed by atoms with Crippen molar-refractivity contribution in [1.82, 2.24) is 0 Å². The highest BCUT2D eigenvalue weighted by atomic mass is 16.6. The van der Waals surface area contributed by atoms with E-state index in [1.807, 2.05) is 26.8 Å². The standard InChI is InChI=1S/C20H26O5/c1-10-6-14(21)7-11(2)9-16-17(12(3)19(23)24-16)15(8-10)18(22)20(5)13(4)25-20/h6,9,13-17,21H,3,7-8H2,1-2,4-5H3/b10-6-,11-9-/t13-,14+,15?,16+,17+,20+/m0/s1.